The van der Waals surface area contributed by atoms with Crippen molar-refractivity contribution in [2.24, 2.45) is 5.10 Å². The Bertz CT molecular complexity index is 330. The molecule has 1 aliphatic heterocycles. The van der Waals surface area contributed by atoms with Crippen molar-refractivity contribution in [1.29, 1.82) is 0 Å². The molecule has 0 aromatic carbocycles. The van der Waals surface area contributed by atoms with Crippen LogP contribution >= 0.6 is 0 Å². The van der Waals surface area contributed by atoms with Gasteiger partial charge in [-0.15, -0.1) is 0 Å². The molecular formula is C9H13FN4O. The van der Waals surface area contributed by atoms with Gasteiger partial charge in [0.1, 0.15) is 18.0 Å². The minimum absolute atomic E-state index is 0.0939. The highest BCUT2D eigenvalue weighted by Crippen LogP contribution is 2.26. The van der Waals surface area contributed by atoms with E-state index in [-0.39, 0.29) is 18.1 Å². The first-order valence-corrected chi connectivity index (χ1v) is 4.80. The van der Waals surface area contributed by atoms with Crippen molar-refractivity contribution < 1.29 is 9.18 Å². The lowest BCUT2D eigenvalue weighted by atomic mass is 10.4. The summed E-state index contributed by atoms with van der Waals surface area (Å²) in [7, 11) is 0. The molecule has 1 heterocycles. The Kier molecular flexibility index (Phi) is 2.34. The Labute approximate surface area is 87.0 Å². The number of rotatable bonds is 3. The van der Waals surface area contributed by atoms with Crippen LogP contribution in [0.2, 0.25) is 0 Å². The molecule has 3 unspecified atom stereocenters. The molecule has 2 rings (SSSR count). The van der Waals surface area contributed by atoms with Gasteiger partial charge in [-0.05, 0) is 6.92 Å². The van der Waals surface area contributed by atoms with Gasteiger partial charge in [-0.2, -0.15) is 5.10 Å². The van der Waals surface area contributed by atoms with Gasteiger partial charge in [-0.1, -0.05) is 0 Å². The van der Waals surface area contributed by atoms with Crippen LogP contribution in [0.15, 0.2) is 17.0 Å². The van der Waals surface area contributed by atoms with E-state index in [0.717, 1.165) is 0 Å². The van der Waals surface area contributed by atoms with E-state index in [4.69, 9.17) is 0 Å². The van der Waals surface area contributed by atoms with E-state index in [2.05, 4.69) is 22.5 Å². The summed E-state index contributed by atoms with van der Waals surface area (Å²) in [5.74, 6) is -0.315. The highest BCUT2D eigenvalue weighted by Gasteiger charge is 2.40. The number of nitrogens with one attached hydrogen (secondary N) is 2. The first kappa shape index (κ1) is 9.95. The van der Waals surface area contributed by atoms with E-state index in [1.54, 1.807) is 6.20 Å². The van der Waals surface area contributed by atoms with Crippen LogP contribution in [0.5, 0.6) is 0 Å². The highest BCUT2D eigenvalue weighted by atomic mass is 19.1. The van der Waals surface area contributed by atoms with Crippen molar-refractivity contribution in [3.05, 3.63) is 11.9 Å². The van der Waals surface area contributed by atoms with Crippen molar-refractivity contribution in [1.82, 2.24) is 15.6 Å². The lowest BCUT2D eigenvalue weighted by Crippen LogP contribution is -2.36. The number of hydrogen-bond donors (Lipinski definition) is 2. The number of hydrogen-bond acceptors (Lipinski definition) is 4. The summed E-state index contributed by atoms with van der Waals surface area (Å²) in [4.78, 5) is 11.6. The zero-order valence-corrected chi connectivity index (χ0v) is 8.40. The van der Waals surface area contributed by atoms with E-state index in [9.17, 15) is 9.18 Å². The minimum atomic E-state index is -0.897. The van der Waals surface area contributed by atoms with Crippen molar-refractivity contribution in [2.75, 3.05) is 0 Å². The summed E-state index contributed by atoms with van der Waals surface area (Å²) < 4.78 is 12.6. The Morgan fingerprint density at radius 3 is 3.07 bits per heavy atom. The Morgan fingerprint density at radius 2 is 2.53 bits per heavy atom. The molecule has 6 heteroatoms. The summed E-state index contributed by atoms with van der Waals surface area (Å²) in [6.45, 7) is 5.22. The van der Waals surface area contributed by atoms with Gasteiger partial charge in [0.2, 0.25) is 0 Å². The summed E-state index contributed by atoms with van der Waals surface area (Å²) >= 11 is 0. The molecule has 1 amide bonds. The predicted octanol–water partition coefficient (Wildman–Crippen LogP) is -0.0788. The van der Waals surface area contributed by atoms with Crippen LogP contribution < -0.4 is 10.6 Å². The number of nitrogens with zero attached hydrogens (tertiary/aromatic N) is 2. The Balaban J connectivity index is 1.97. The second-order valence-corrected chi connectivity index (χ2v) is 3.69. The van der Waals surface area contributed by atoms with Crippen molar-refractivity contribution in [2.45, 2.75) is 31.7 Å². The number of halogens is 1. The van der Waals surface area contributed by atoms with Gasteiger partial charge in [-0.25, -0.2) is 9.40 Å². The van der Waals surface area contributed by atoms with Crippen LogP contribution in [0.3, 0.4) is 0 Å². The predicted molar refractivity (Wildman–Crippen MR) is 53.5 cm³/mol. The SMILES string of the molecule is C=NN1C(C(=O)NC2CC2F)=CNC1C. The number of amides is 1. The fourth-order valence-electron chi connectivity index (χ4n) is 1.47. The molecule has 1 aliphatic carbocycles. The molecular weight excluding hydrogens is 199 g/mol. The van der Waals surface area contributed by atoms with Crippen LogP contribution in [0.1, 0.15) is 13.3 Å². The van der Waals surface area contributed by atoms with Gasteiger partial charge >= 0.3 is 0 Å². The van der Waals surface area contributed by atoms with Crippen molar-refractivity contribution in [3.63, 3.8) is 0 Å². The first-order chi connectivity index (χ1) is 7.13. The highest BCUT2D eigenvalue weighted by molar-refractivity contribution is 5.93. The summed E-state index contributed by atoms with van der Waals surface area (Å²) in [6.07, 6.45) is 0.975. The topological polar surface area (TPSA) is 56.7 Å². The fraction of sp³-hybridized carbons (Fsp3) is 0.556. The van der Waals surface area contributed by atoms with Crippen LogP contribution in [0.4, 0.5) is 4.39 Å². The van der Waals surface area contributed by atoms with Crippen LogP contribution in [-0.4, -0.2) is 36.0 Å². The molecule has 1 saturated carbocycles. The van der Waals surface area contributed by atoms with Crippen molar-refractivity contribution >= 4 is 12.6 Å². The number of alkyl halides is 1. The lowest BCUT2D eigenvalue weighted by molar-refractivity contribution is -0.119. The van der Waals surface area contributed by atoms with E-state index < -0.39 is 6.17 Å². The number of carbonyl (C=O) groups excluding carboxylic acids is 1. The summed E-state index contributed by atoms with van der Waals surface area (Å²) in [5.41, 5.74) is 0.372. The normalized spacial score (nSPS) is 33.1. The van der Waals surface area contributed by atoms with Crippen LogP contribution in [0, 0.1) is 0 Å². The Morgan fingerprint density at radius 1 is 1.87 bits per heavy atom. The summed E-state index contributed by atoms with van der Waals surface area (Å²) in [6, 6.07) is -0.332. The molecule has 0 spiro atoms. The van der Waals surface area contributed by atoms with Gasteiger partial charge in [0, 0.05) is 19.3 Å². The standard InChI is InChI=1S/C9H13FN4O/c1-5-12-4-8(14(5)11-2)9(15)13-7-3-6(7)10/h4-7,12H,2-3H2,1H3,(H,13,15). The second kappa shape index (κ2) is 3.52. The molecule has 82 valence electrons. The third-order valence-electron chi connectivity index (χ3n) is 2.49. The van der Waals surface area contributed by atoms with Gasteiger partial charge in [0.15, 0.2) is 0 Å². The largest absolute Gasteiger partial charge is 0.368 e. The average molecular weight is 212 g/mol. The molecule has 1 fully saturated rings. The molecule has 0 radical (unpaired) electrons. The van der Waals surface area contributed by atoms with E-state index in [1.807, 2.05) is 6.92 Å². The maximum absolute atomic E-state index is 12.6. The zero-order valence-electron chi connectivity index (χ0n) is 8.40. The van der Waals surface area contributed by atoms with Crippen LogP contribution in [0.25, 0.3) is 0 Å². The molecule has 2 N–H and O–H groups in total. The number of carbonyl (C=O) groups is 1. The maximum atomic E-state index is 12.6. The fourth-order valence-corrected chi connectivity index (χ4v) is 1.47. The molecule has 0 aromatic heterocycles. The first-order valence-electron chi connectivity index (χ1n) is 4.80. The zero-order chi connectivity index (χ0) is 11.0. The second-order valence-electron chi connectivity index (χ2n) is 3.69. The van der Waals surface area contributed by atoms with Gasteiger partial charge in [-0.3, -0.25) is 4.79 Å². The van der Waals surface area contributed by atoms with Gasteiger partial charge < -0.3 is 10.6 Å². The van der Waals surface area contributed by atoms with Crippen molar-refractivity contribution in [3.8, 4) is 0 Å². The third kappa shape index (κ3) is 1.79. The molecule has 15 heavy (non-hydrogen) atoms. The molecule has 3 atom stereocenters. The third-order valence-corrected chi connectivity index (χ3v) is 2.49. The molecule has 0 bridgehead atoms. The van der Waals surface area contributed by atoms with E-state index >= 15 is 0 Å². The molecule has 0 aromatic rings. The van der Waals surface area contributed by atoms with E-state index in [0.29, 0.717) is 12.1 Å². The lowest BCUT2D eigenvalue weighted by Gasteiger charge is -2.19. The molecule has 5 nitrogen and oxygen atoms in total. The molecule has 2 aliphatic rings. The molecule has 0 saturated heterocycles. The minimum Gasteiger partial charge on any atom is -0.368 e. The summed E-state index contributed by atoms with van der Waals surface area (Å²) in [5, 5.41) is 10.7. The Hall–Kier alpha value is -1.59. The smallest absolute Gasteiger partial charge is 0.271 e. The van der Waals surface area contributed by atoms with Gasteiger partial charge in [0.05, 0.1) is 6.04 Å². The monoisotopic (exact) mass is 212 g/mol. The van der Waals surface area contributed by atoms with E-state index in [1.165, 1.54) is 5.01 Å². The quantitative estimate of drug-likeness (QED) is 0.643. The number of hydrazone groups is 1. The maximum Gasteiger partial charge on any atom is 0.271 e. The average Bonchev–Trinajstić information content (AvgIpc) is 2.76. The van der Waals surface area contributed by atoms with Gasteiger partial charge in [0.25, 0.3) is 5.91 Å². The van der Waals surface area contributed by atoms with Crippen LogP contribution in [-0.2, 0) is 4.79 Å².